The molecule has 2 N–H and O–H groups in total. The second kappa shape index (κ2) is 8.08. The highest BCUT2D eigenvalue weighted by Crippen LogP contribution is 2.20. The van der Waals surface area contributed by atoms with Crippen molar-refractivity contribution in [2.24, 2.45) is 4.99 Å². The normalized spacial score (nSPS) is 15.5. The summed E-state index contributed by atoms with van der Waals surface area (Å²) in [7, 11) is 0. The molecule has 0 atom stereocenters. The Morgan fingerprint density at radius 2 is 1.65 bits per heavy atom. The molecule has 0 bridgehead atoms. The predicted octanol–water partition coefficient (Wildman–Crippen LogP) is 3.53. The Labute approximate surface area is 134 Å². The molecule has 0 amide bonds. The Bertz CT molecular complexity index is 669. The molecular formula is C18H19NO4. The third-order valence-electron chi connectivity index (χ3n) is 3.53. The minimum absolute atomic E-state index is 0.119. The van der Waals surface area contributed by atoms with Gasteiger partial charge in [-0.1, -0.05) is 29.9 Å². The van der Waals surface area contributed by atoms with Crippen molar-refractivity contribution in [3.05, 3.63) is 53.6 Å². The number of carbonyl (C=O) groups is 2. The molecule has 1 aromatic rings. The van der Waals surface area contributed by atoms with E-state index >= 15 is 0 Å². The molecule has 0 saturated carbocycles. The molecule has 0 heterocycles. The van der Waals surface area contributed by atoms with Gasteiger partial charge in [0.2, 0.25) is 0 Å². The van der Waals surface area contributed by atoms with E-state index in [1.807, 2.05) is 42.5 Å². The van der Waals surface area contributed by atoms with Crippen LogP contribution in [0, 0.1) is 0 Å². The second-order valence-electron chi connectivity index (χ2n) is 5.42. The number of carboxylic acid groups (broad SMARTS) is 2. The van der Waals surface area contributed by atoms with Crippen LogP contribution in [-0.2, 0) is 16.0 Å². The highest BCUT2D eigenvalue weighted by Gasteiger charge is 2.08. The zero-order valence-electron chi connectivity index (χ0n) is 12.7. The number of rotatable bonds is 7. The van der Waals surface area contributed by atoms with Gasteiger partial charge in [-0.3, -0.25) is 14.6 Å². The summed E-state index contributed by atoms with van der Waals surface area (Å²) in [5, 5.41) is 17.4. The Balaban J connectivity index is 1.96. The zero-order chi connectivity index (χ0) is 16.7. The number of carboxylic acids is 2. The van der Waals surface area contributed by atoms with Crippen molar-refractivity contribution in [3.63, 3.8) is 0 Å². The van der Waals surface area contributed by atoms with Gasteiger partial charge in [0.05, 0.1) is 5.69 Å². The lowest BCUT2D eigenvalue weighted by molar-refractivity contribution is -0.138. The molecule has 0 saturated heterocycles. The van der Waals surface area contributed by atoms with Gasteiger partial charge in [-0.25, -0.2) is 0 Å². The van der Waals surface area contributed by atoms with Crippen molar-refractivity contribution < 1.29 is 19.8 Å². The summed E-state index contributed by atoms with van der Waals surface area (Å²) in [6.45, 7) is 0. The fraction of sp³-hybridized carbons (Fsp3) is 0.278. The maximum Gasteiger partial charge on any atom is 0.303 e. The number of aliphatic imine (C=N–C) groups is 1. The molecule has 0 aliphatic heterocycles. The van der Waals surface area contributed by atoms with Crippen LogP contribution < -0.4 is 0 Å². The van der Waals surface area contributed by atoms with Crippen molar-refractivity contribution in [2.75, 3.05) is 0 Å². The van der Waals surface area contributed by atoms with E-state index in [0.29, 0.717) is 19.3 Å². The first kappa shape index (κ1) is 16.7. The molecule has 0 radical (unpaired) electrons. The average Bonchev–Trinajstić information content (AvgIpc) is 2.52. The van der Waals surface area contributed by atoms with E-state index in [1.54, 1.807) is 0 Å². The summed E-state index contributed by atoms with van der Waals surface area (Å²) in [6.07, 6.45) is 7.70. The number of benzene rings is 1. The monoisotopic (exact) mass is 313 g/mol. The molecule has 1 aliphatic carbocycles. The first-order valence-corrected chi connectivity index (χ1v) is 7.49. The molecule has 1 aliphatic rings. The topological polar surface area (TPSA) is 87.0 Å². The van der Waals surface area contributed by atoms with Crippen molar-refractivity contribution >= 4 is 23.3 Å². The molecular weight excluding hydrogens is 294 g/mol. The van der Waals surface area contributed by atoms with E-state index in [1.165, 1.54) is 0 Å². The average molecular weight is 313 g/mol. The Morgan fingerprint density at radius 3 is 2.30 bits per heavy atom. The van der Waals surface area contributed by atoms with Crippen molar-refractivity contribution in [1.82, 2.24) is 0 Å². The fourth-order valence-electron chi connectivity index (χ4n) is 2.32. The molecule has 0 aromatic heterocycles. The van der Waals surface area contributed by atoms with Crippen LogP contribution in [0.4, 0.5) is 5.69 Å². The molecule has 5 heteroatoms. The van der Waals surface area contributed by atoms with Gasteiger partial charge in [-0.05, 0) is 36.6 Å². The van der Waals surface area contributed by atoms with Crippen LogP contribution in [0.15, 0.2) is 53.1 Å². The van der Waals surface area contributed by atoms with Crippen LogP contribution in [0.3, 0.4) is 0 Å². The first-order chi connectivity index (χ1) is 11.0. The molecule has 2 rings (SSSR count). The van der Waals surface area contributed by atoms with E-state index in [2.05, 4.69) is 4.99 Å². The number of allylic oxidation sites excluding steroid dienone is 4. The van der Waals surface area contributed by atoms with Crippen molar-refractivity contribution in [2.45, 2.75) is 32.1 Å². The third kappa shape index (κ3) is 5.90. The SMILES string of the molecule is O=C(O)CCC1=CC=C/C(=N/c2ccc(CCC(=O)O)cc2)C1. The highest BCUT2D eigenvalue weighted by atomic mass is 16.4. The Morgan fingerprint density at radius 1 is 1.00 bits per heavy atom. The van der Waals surface area contributed by atoms with E-state index in [-0.39, 0.29) is 12.8 Å². The van der Waals surface area contributed by atoms with Gasteiger partial charge in [-0.2, -0.15) is 0 Å². The van der Waals surface area contributed by atoms with Crippen LogP contribution >= 0.6 is 0 Å². The zero-order valence-corrected chi connectivity index (χ0v) is 12.7. The second-order valence-corrected chi connectivity index (χ2v) is 5.42. The molecule has 0 fully saturated rings. The van der Waals surface area contributed by atoms with Gasteiger partial charge >= 0.3 is 11.9 Å². The van der Waals surface area contributed by atoms with E-state index < -0.39 is 11.9 Å². The predicted molar refractivity (Wildman–Crippen MR) is 88.2 cm³/mol. The van der Waals surface area contributed by atoms with Gasteiger partial charge in [0, 0.05) is 25.0 Å². The Kier molecular flexibility index (Phi) is 5.86. The van der Waals surface area contributed by atoms with Crippen molar-refractivity contribution in [1.29, 1.82) is 0 Å². The Hall–Kier alpha value is -2.69. The van der Waals surface area contributed by atoms with Gasteiger partial charge in [-0.15, -0.1) is 0 Å². The molecule has 120 valence electrons. The lowest BCUT2D eigenvalue weighted by Gasteiger charge is -2.10. The number of nitrogens with zero attached hydrogens (tertiary/aromatic N) is 1. The standard InChI is InChI=1S/C18H19NO4/c20-17(21)10-6-13-4-8-15(9-5-13)19-16-3-1-2-14(12-16)7-11-18(22)23/h1-5,8-9H,6-7,10-12H2,(H,20,21)(H,22,23)/b19-16-. The first-order valence-electron chi connectivity index (χ1n) is 7.49. The van der Waals surface area contributed by atoms with Crippen LogP contribution in [0.1, 0.15) is 31.2 Å². The largest absolute Gasteiger partial charge is 0.481 e. The van der Waals surface area contributed by atoms with E-state index in [0.717, 1.165) is 22.5 Å². The molecule has 0 spiro atoms. The summed E-state index contributed by atoms with van der Waals surface area (Å²) in [5.74, 6) is -1.60. The minimum atomic E-state index is -0.803. The van der Waals surface area contributed by atoms with Gasteiger partial charge < -0.3 is 10.2 Å². The van der Waals surface area contributed by atoms with Gasteiger partial charge in [0.25, 0.3) is 0 Å². The van der Waals surface area contributed by atoms with Crippen molar-refractivity contribution in [3.8, 4) is 0 Å². The van der Waals surface area contributed by atoms with Gasteiger partial charge in [0.15, 0.2) is 0 Å². The fourth-order valence-corrected chi connectivity index (χ4v) is 2.32. The molecule has 23 heavy (non-hydrogen) atoms. The summed E-state index contributed by atoms with van der Waals surface area (Å²) in [4.78, 5) is 25.7. The quantitative estimate of drug-likeness (QED) is 0.806. The van der Waals surface area contributed by atoms with E-state index in [9.17, 15) is 9.59 Å². The smallest absolute Gasteiger partial charge is 0.303 e. The van der Waals surface area contributed by atoms with Crippen LogP contribution in [0.25, 0.3) is 0 Å². The number of hydrogen-bond donors (Lipinski definition) is 2. The number of aryl methyl sites for hydroxylation is 1. The summed E-state index contributed by atoms with van der Waals surface area (Å²) >= 11 is 0. The van der Waals surface area contributed by atoms with Crippen LogP contribution in [-0.4, -0.2) is 27.9 Å². The van der Waals surface area contributed by atoms with Gasteiger partial charge in [0.1, 0.15) is 0 Å². The lowest BCUT2D eigenvalue weighted by Crippen LogP contribution is -2.03. The van der Waals surface area contributed by atoms with E-state index in [4.69, 9.17) is 10.2 Å². The highest BCUT2D eigenvalue weighted by molar-refractivity contribution is 5.99. The van der Waals surface area contributed by atoms with Crippen LogP contribution in [0.2, 0.25) is 0 Å². The maximum absolute atomic E-state index is 10.6. The molecule has 5 nitrogen and oxygen atoms in total. The number of aliphatic carboxylic acids is 2. The summed E-state index contributed by atoms with van der Waals surface area (Å²) < 4.78 is 0. The third-order valence-corrected chi connectivity index (χ3v) is 3.53. The molecule has 1 aromatic carbocycles. The minimum Gasteiger partial charge on any atom is -0.481 e. The number of hydrogen-bond acceptors (Lipinski definition) is 3. The summed E-state index contributed by atoms with van der Waals surface area (Å²) in [5.41, 5.74) is 3.73. The maximum atomic E-state index is 10.6. The lowest BCUT2D eigenvalue weighted by atomic mass is 9.99. The van der Waals surface area contributed by atoms with Crippen LogP contribution in [0.5, 0.6) is 0 Å². The molecule has 0 unspecified atom stereocenters. The summed E-state index contributed by atoms with van der Waals surface area (Å²) in [6, 6.07) is 7.51.